The van der Waals surface area contributed by atoms with E-state index in [-0.39, 0.29) is 24.1 Å². The number of alkyl halides is 3. The lowest BCUT2D eigenvalue weighted by atomic mass is 10.00. The standard InChI is InChI=1S/C15H19F3N2O/c16-15(17,18)13-5-11(3-1-9(13)6-19)20-7-10-2-4-14(21)12(10)8-20/h1,3,5,10,12,14,21H,2,4,6-8,19H2. The van der Waals surface area contributed by atoms with E-state index < -0.39 is 11.7 Å². The maximum Gasteiger partial charge on any atom is 0.416 e. The molecule has 0 aromatic heterocycles. The smallest absolute Gasteiger partial charge is 0.393 e. The average Bonchev–Trinajstić information content (AvgIpc) is 3.00. The summed E-state index contributed by atoms with van der Waals surface area (Å²) >= 11 is 0. The highest BCUT2D eigenvalue weighted by Crippen LogP contribution is 2.41. The van der Waals surface area contributed by atoms with Gasteiger partial charge in [0.05, 0.1) is 11.7 Å². The van der Waals surface area contributed by atoms with E-state index in [0.717, 1.165) is 19.4 Å². The summed E-state index contributed by atoms with van der Waals surface area (Å²) in [5.41, 5.74) is 5.43. The van der Waals surface area contributed by atoms with Gasteiger partial charge in [0.15, 0.2) is 0 Å². The molecule has 2 aliphatic rings. The van der Waals surface area contributed by atoms with Crippen molar-refractivity contribution in [3.8, 4) is 0 Å². The molecule has 116 valence electrons. The molecule has 1 aromatic carbocycles. The molecule has 1 saturated heterocycles. The van der Waals surface area contributed by atoms with Crippen molar-refractivity contribution in [2.24, 2.45) is 17.6 Å². The molecule has 0 radical (unpaired) electrons. The maximum atomic E-state index is 13.1. The molecule has 3 rings (SSSR count). The molecule has 0 amide bonds. The summed E-state index contributed by atoms with van der Waals surface area (Å²) in [4.78, 5) is 1.95. The predicted molar refractivity (Wildman–Crippen MR) is 73.8 cm³/mol. The summed E-state index contributed by atoms with van der Waals surface area (Å²) in [6.45, 7) is 1.23. The normalized spacial score (nSPS) is 29.0. The SMILES string of the molecule is NCc1ccc(N2CC3CCC(O)C3C2)cc1C(F)(F)F. The van der Waals surface area contributed by atoms with Crippen LogP contribution in [0, 0.1) is 11.8 Å². The first-order chi connectivity index (χ1) is 9.90. The number of benzene rings is 1. The van der Waals surface area contributed by atoms with Crippen molar-refractivity contribution in [2.75, 3.05) is 18.0 Å². The predicted octanol–water partition coefficient (Wildman–Crippen LogP) is 2.37. The molecule has 1 heterocycles. The molecule has 1 aromatic rings. The Kier molecular flexibility index (Phi) is 3.61. The molecule has 1 aliphatic carbocycles. The fourth-order valence-electron chi connectivity index (χ4n) is 3.65. The number of halogens is 3. The second-order valence-electron chi connectivity index (χ2n) is 6.02. The second kappa shape index (κ2) is 5.18. The molecule has 3 N–H and O–H groups in total. The number of aliphatic hydroxyl groups excluding tert-OH is 1. The third kappa shape index (κ3) is 2.62. The number of aliphatic hydroxyl groups is 1. The van der Waals surface area contributed by atoms with Gasteiger partial charge in [0, 0.05) is 31.2 Å². The van der Waals surface area contributed by atoms with Crippen LogP contribution >= 0.6 is 0 Å². The van der Waals surface area contributed by atoms with E-state index in [1.165, 1.54) is 12.1 Å². The lowest BCUT2D eigenvalue weighted by molar-refractivity contribution is -0.138. The molecule has 6 heteroatoms. The summed E-state index contributed by atoms with van der Waals surface area (Å²) in [7, 11) is 0. The molecule has 1 aliphatic heterocycles. The van der Waals surface area contributed by atoms with E-state index in [2.05, 4.69) is 0 Å². The number of rotatable bonds is 2. The van der Waals surface area contributed by atoms with E-state index in [4.69, 9.17) is 5.73 Å². The summed E-state index contributed by atoms with van der Waals surface area (Å²) in [5, 5.41) is 9.91. The Morgan fingerprint density at radius 3 is 2.62 bits per heavy atom. The van der Waals surface area contributed by atoms with Gasteiger partial charge in [-0.2, -0.15) is 13.2 Å². The van der Waals surface area contributed by atoms with Crippen molar-refractivity contribution in [3.05, 3.63) is 29.3 Å². The Labute approximate surface area is 121 Å². The van der Waals surface area contributed by atoms with Crippen molar-refractivity contribution in [1.82, 2.24) is 0 Å². The molecular formula is C15H19F3N2O. The Morgan fingerprint density at radius 1 is 1.24 bits per heavy atom. The quantitative estimate of drug-likeness (QED) is 0.881. The van der Waals surface area contributed by atoms with Crippen molar-refractivity contribution in [3.63, 3.8) is 0 Å². The van der Waals surface area contributed by atoms with Gasteiger partial charge in [-0.05, 0) is 36.5 Å². The van der Waals surface area contributed by atoms with E-state index >= 15 is 0 Å². The first kappa shape index (κ1) is 14.7. The minimum Gasteiger partial charge on any atom is -0.393 e. The largest absolute Gasteiger partial charge is 0.416 e. The average molecular weight is 300 g/mol. The lowest BCUT2D eigenvalue weighted by Crippen LogP contribution is -2.25. The van der Waals surface area contributed by atoms with Crippen LogP contribution in [0.4, 0.5) is 18.9 Å². The lowest BCUT2D eigenvalue weighted by Gasteiger charge is -2.23. The van der Waals surface area contributed by atoms with Crippen LogP contribution < -0.4 is 10.6 Å². The Bertz CT molecular complexity index is 532. The molecule has 21 heavy (non-hydrogen) atoms. The maximum absolute atomic E-state index is 13.1. The highest BCUT2D eigenvalue weighted by molar-refractivity contribution is 5.53. The zero-order valence-corrected chi connectivity index (χ0v) is 11.6. The first-order valence-corrected chi connectivity index (χ1v) is 7.23. The topological polar surface area (TPSA) is 49.5 Å². The summed E-state index contributed by atoms with van der Waals surface area (Å²) < 4.78 is 39.2. The monoisotopic (exact) mass is 300 g/mol. The zero-order valence-electron chi connectivity index (χ0n) is 11.6. The summed E-state index contributed by atoms with van der Waals surface area (Å²) in [6, 6.07) is 4.35. The third-order valence-corrected chi connectivity index (χ3v) is 4.80. The van der Waals surface area contributed by atoms with Crippen LogP contribution in [0.25, 0.3) is 0 Å². The van der Waals surface area contributed by atoms with Gasteiger partial charge in [0.1, 0.15) is 0 Å². The molecule has 3 nitrogen and oxygen atoms in total. The van der Waals surface area contributed by atoms with Gasteiger partial charge in [-0.3, -0.25) is 0 Å². The van der Waals surface area contributed by atoms with Gasteiger partial charge in [0.25, 0.3) is 0 Å². The van der Waals surface area contributed by atoms with Crippen LogP contribution in [0.5, 0.6) is 0 Å². The minimum absolute atomic E-state index is 0.116. The Balaban J connectivity index is 1.87. The Hall–Kier alpha value is -1.27. The number of nitrogens with zero attached hydrogens (tertiary/aromatic N) is 1. The number of nitrogens with two attached hydrogens (primary N) is 1. The van der Waals surface area contributed by atoms with Crippen molar-refractivity contribution < 1.29 is 18.3 Å². The third-order valence-electron chi connectivity index (χ3n) is 4.80. The van der Waals surface area contributed by atoms with E-state index in [0.29, 0.717) is 18.2 Å². The molecule has 0 bridgehead atoms. The summed E-state index contributed by atoms with van der Waals surface area (Å²) in [5.74, 6) is 0.581. The van der Waals surface area contributed by atoms with Gasteiger partial charge < -0.3 is 15.7 Å². The van der Waals surface area contributed by atoms with Crippen molar-refractivity contribution in [2.45, 2.75) is 31.7 Å². The second-order valence-corrected chi connectivity index (χ2v) is 6.02. The minimum atomic E-state index is -4.39. The van der Waals surface area contributed by atoms with Gasteiger partial charge in [-0.15, -0.1) is 0 Å². The van der Waals surface area contributed by atoms with E-state index in [1.807, 2.05) is 4.90 Å². The number of hydrogen-bond acceptors (Lipinski definition) is 3. The number of anilines is 1. The molecule has 2 fully saturated rings. The fraction of sp³-hybridized carbons (Fsp3) is 0.600. The van der Waals surface area contributed by atoms with Crippen LogP contribution in [0.2, 0.25) is 0 Å². The molecule has 3 unspecified atom stereocenters. The Morgan fingerprint density at radius 2 is 2.00 bits per heavy atom. The van der Waals surface area contributed by atoms with Crippen LogP contribution in [0.1, 0.15) is 24.0 Å². The van der Waals surface area contributed by atoms with Crippen LogP contribution in [0.15, 0.2) is 18.2 Å². The summed E-state index contributed by atoms with van der Waals surface area (Å²) in [6.07, 6.45) is -2.94. The van der Waals surface area contributed by atoms with Crippen molar-refractivity contribution >= 4 is 5.69 Å². The van der Waals surface area contributed by atoms with Gasteiger partial charge in [-0.1, -0.05) is 6.07 Å². The van der Waals surface area contributed by atoms with Crippen LogP contribution in [-0.4, -0.2) is 24.3 Å². The van der Waals surface area contributed by atoms with E-state index in [1.54, 1.807) is 6.07 Å². The number of fused-ring (bicyclic) bond motifs is 1. The van der Waals surface area contributed by atoms with Gasteiger partial charge >= 0.3 is 6.18 Å². The number of hydrogen-bond donors (Lipinski definition) is 2. The van der Waals surface area contributed by atoms with E-state index in [9.17, 15) is 18.3 Å². The molecule has 0 spiro atoms. The highest BCUT2D eigenvalue weighted by atomic mass is 19.4. The molecular weight excluding hydrogens is 281 g/mol. The van der Waals surface area contributed by atoms with Crippen molar-refractivity contribution in [1.29, 1.82) is 0 Å². The van der Waals surface area contributed by atoms with Gasteiger partial charge in [0.2, 0.25) is 0 Å². The molecule has 1 saturated carbocycles. The fourth-order valence-corrected chi connectivity index (χ4v) is 3.65. The van der Waals surface area contributed by atoms with Gasteiger partial charge in [-0.25, -0.2) is 0 Å². The first-order valence-electron chi connectivity index (χ1n) is 7.23. The molecule has 3 atom stereocenters. The van der Waals surface area contributed by atoms with Crippen LogP contribution in [0.3, 0.4) is 0 Å². The van der Waals surface area contributed by atoms with Crippen LogP contribution in [-0.2, 0) is 12.7 Å². The zero-order chi connectivity index (χ0) is 15.2. The highest BCUT2D eigenvalue weighted by Gasteiger charge is 2.42.